The zero-order chi connectivity index (χ0) is 14.8. The first-order valence-corrected chi connectivity index (χ1v) is 9.29. The number of halogens is 2. The van der Waals surface area contributed by atoms with Crippen molar-refractivity contribution in [2.45, 2.75) is 57.4 Å². The largest absolute Gasteiger partial charge is 0.324 e. The van der Waals surface area contributed by atoms with Gasteiger partial charge in [-0.05, 0) is 43.4 Å². The van der Waals surface area contributed by atoms with Crippen LogP contribution in [0.25, 0.3) is 11.0 Å². The molecule has 114 valence electrons. The molecule has 1 aromatic carbocycles. The van der Waals surface area contributed by atoms with E-state index in [2.05, 4.69) is 45.6 Å². The summed E-state index contributed by atoms with van der Waals surface area (Å²) in [6, 6.07) is 6.85. The van der Waals surface area contributed by atoms with Gasteiger partial charge in [-0.3, -0.25) is 0 Å². The van der Waals surface area contributed by atoms with Gasteiger partial charge in [0, 0.05) is 10.5 Å². The van der Waals surface area contributed by atoms with E-state index in [4.69, 9.17) is 16.6 Å². The number of rotatable bonds is 4. The molecule has 1 atom stereocenters. The van der Waals surface area contributed by atoms with Gasteiger partial charge in [0.15, 0.2) is 0 Å². The van der Waals surface area contributed by atoms with Crippen molar-refractivity contribution in [3.8, 4) is 0 Å². The van der Waals surface area contributed by atoms with Crippen LogP contribution in [-0.4, -0.2) is 9.55 Å². The van der Waals surface area contributed by atoms with Crippen molar-refractivity contribution in [1.82, 2.24) is 9.55 Å². The molecule has 4 heteroatoms. The van der Waals surface area contributed by atoms with Gasteiger partial charge in [-0.15, -0.1) is 11.6 Å². The highest BCUT2D eigenvalue weighted by Gasteiger charge is 2.27. The van der Waals surface area contributed by atoms with Gasteiger partial charge < -0.3 is 4.57 Å². The molecule has 21 heavy (non-hydrogen) atoms. The number of hydrogen-bond donors (Lipinski definition) is 0. The zero-order valence-electron chi connectivity index (χ0n) is 12.5. The Morgan fingerprint density at radius 1 is 1.33 bits per heavy atom. The molecule has 0 N–H and O–H groups in total. The lowest BCUT2D eigenvalue weighted by atomic mass is 9.82. The van der Waals surface area contributed by atoms with Crippen LogP contribution in [0.15, 0.2) is 22.7 Å². The highest BCUT2D eigenvalue weighted by atomic mass is 79.9. The maximum absolute atomic E-state index is 6.19. The van der Waals surface area contributed by atoms with Crippen molar-refractivity contribution in [2.75, 3.05) is 0 Å². The zero-order valence-corrected chi connectivity index (χ0v) is 14.8. The standard InChI is InChI=1S/C17H22BrClN2/c1-2-15(12-6-4-3-5-7-12)21-16-10-13(18)8-9-14(16)20-17(21)11-19/h8-10,12,15H,2-7,11H2,1H3. The van der Waals surface area contributed by atoms with Gasteiger partial charge >= 0.3 is 0 Å². The Morgan fingerprint density at radius 2 is 2.10 bits per heavy atom. The number of aromatic nitrogens is 2. The van der Waals surface area contributed by atoms with E-state index in [1.807, 2.05) is 0 Å². The molecule has 0 amide bonds. The van der Waals surface area contributed by atoms with Crippen LogP contribution < -0.4 is 0 Å². The van der Waals surface area contributed by atoms with Crippen LogP contribution in [0.4, 0.5) is 0 Å². The molecular weight excluding hydrogens is 348 g/mol. The molecule has 1 aromatic heterocycles. The smallest absolute Gasteiger partial charge is 0.125 e. The summed E-state index contributed by atoms with van der Waals surface area (Å²) in [4.78, 5) is 4.75. The van der Waals surface area contributed by atoms with Crippen molar-refractivity contribution in [1.29, 1.82) is 0 Å². The molecule has 1 unspecified atom stereocenters. The molecule has 1 heterocycles. The Morgan fingerprint density at radius 3 is 2.76 bits per heavy atom. The summed E-state index contributed by atoms with van der Waals surface area (Å²) in [6.07, 6.45) is 7.96. The summed E-state index contributed by atoms with van der Waals surface area (Å²) in [5, 5.41) is 0. The van der Waals surface area contributed by atoms with Crippen LogP contribution in [0.1, 0.15) is 57.3 Å². The second kappa shape index (κ2) is 6.70. The molecule has 0 radical (unpaired) electrons. The van der Waals surface area contributed by atoms with Gasteiger partial charge in [0.25, 0.3) is 0 Å². The monoisotopic (exact) mass is 368 g/mol. The lowest BCUT2D eigenvalue weighted by Gasteiger charge is -2.32. The van der Waals surface area contributed by atoms with E-state index < -0.39 is 0 Å². The number of hydrogen-bond acceptors (Lipinski definition) is 1. The van der Waals surface area contributed by atoms with Gasteiger partial charge in [0.2, 0.25) is 0 Å². The van der Waals surface area contributed by atoms with Crippen LogP contribution in [0.3, 0.4) is 0 Å². The van der Waals surface area contributed by atoms with Gasteiger partial charge in [0.1, 0.15) is 5.82 Å². The minimum atomic E-state index is 0.482. The van der Waals surface area contributed by atoms with Crippen LogP contribution >= 0.6 is 27.5 Å². The van der Waals surface area contributed by atoms with Crippen molar-refractivity contribution in [2.24, 2.45) is 5.92 Å². The minimum Gasteiger partial charge on any atom is -0.324 e. The highest BCUT2D eigenvalue weighted by Crippen LogP contribution is 2.38. The topological polar surface area (TPSA) is 17.8 Å². The Labute approximate surface area is 140 Å². The fourth-order valence-electron chi connectivity index (χ4n) is 3.83. The number of alkyl halides is 1. The van der Waals surface area contributed by atoms with Crippen molar-refractivity contribution < 1.29 is 0 Å². The van der Waals surface area contributed by atoms with Gasteiger partial charge in [-0.2, -0.15) is 0 Å². The maximum atomic E-state index is 6.19. The van der Waals surface area contributed by atoms with E-state index in [1.165, 1.54) is 37.6 Å². The van der Waals surface area contributed by atoms with Crippen molar-refractivity contribution in [3.63, 3.8) is 0 Å². The second-order valence-corrected chi connectivity index (χ2v) is 7.22. The van der Waals surface area contributed by atoms with Gasteiger partial charge in [0.05, 0.1) is 16.9 Å². The van der Waals surface area contributed by atoms with Gasteiger partial charge in [-0.1, -0.05) is 42.1 Å². The molecule has 1 saturated carbocycles. The van der Waals surface area contributed by atoms with Crippen molar-refractivity contribution >= 4 is 38.6 Å². The number of benzene rings is 1. The van der Waals surface area contributed by atoms with E-state index in [0.717, 1.165) is 28.2 Å². The van der Waals surface area contributed by atoms with E-state index in [9.17, 15) is 0 Å². The highest BCUT2D eigenvalue weighted by molar-refractivity contribution is 9.10. The summed E-state index contributed by atoms with van der Waals surface area (Å²) in [6.45, 7) is 2.29. The molecular formula is C17H22BrClN2. The second-order valence-electron chi connectivity index (χ2n) is 6.04. The van der Waals surface area contributed by atoms with Crippen molar-refractivity contribution in [3.05, 3.63) is 28.5 Å². The summed E-state index contributed by atoms with van der Waals surface area (Å²) >= 11 is 9.78. The molecule has 0 aliphatic heterocycles. The number of fused-ring (bicyclic) bond motifs is 1. The molecule has 0 saturated heterocycles. The summed E-state index contributed by atoms with van der Waals surface area (Å²) in [5.74, 6) is 2.26. The Bertz CT molecular complexity index is 617. The van der Waals surface area contributed by atoms with Crippen LogP contribution in [0.5, 0.6) is 0 Å². The number of imidazole rings is 1. The first kappa shape index (κ1) is 15.4. The molecule has 3 rings (SSSR count). The van der Waals surface area contributed by atoms with Gasteiger partial charge in [-0.25, -0.2) is 4.98 Å². The Kier molecular flexibility index (Phi) is 4.90. The predicted octanol–water partition coefficient (Wildman–Crippen LogP) is 6.07. The average molecular weight is 370 g/mol. The van der Waals surface area contributed by atoms with E-state index in [1.54, 1.807) is 0 Å². The first-order valence-electron chi connectivity index (χ1n) is 7.97. The third-order valence-electron chi connectivity index (χ3n) is 4.79. The van der Waals surface area contributed by atoms with E-state index in [0.29, 0.717) is 11.9 Å². The molecule has 1 fully saturated rings. The summed E-state index contributed by atoms with van der Waals surface area (Å²) in [5.41, 5.74) is 2.28. The Hall–Kier alpha value is -0.540. The average Bonchev–Trinajstić information content (AvgIpc) is 2.87. The number of nitrogens with zero attached hydrogens (tertiary/aromatic N) is 2. The molecule has 2 aromatic rings. The Balaban J connectivity index is 2.08. The van der Waals surface area contributed by atoms with Crippen LogP contribution in [-0.2, 0) is 5.88 Å². The maximum Gasteiger partial charge on any atom is 0.125 e. The lowest BCUT2D eigenvalue weighted by molar-refractivity contribution is 0.244. The molecule has 1 aliphatic rings. The molecule has 0 bridgehead atoms. The van der Waals surface area contributed by atoms with E-state index >= 15 is 0 Å². The summed E-state index contributed by atoms with van der Waals surface area (Å²) < 4.78 is 3.53. The quantitative estimate of drug-likeness (QED) is 0.598. The van der Waals surface area contributed by atoms with Crippen LogP contribution in [0.2, 0.25) is 0 Å². The SMILES string of the molecule is CCC(C1CCCCC1)n1c(CCl)nc2ccc(Br)cc21. The fraction of sp³-hybridized carbons (Fsp3) is 0.588. The first-order chi connectivity index (χ1) is 10.2. The van der Waals surface area contributed by atoms with Crippen LogP contribution in [0, 0.1) is 5.92 Å². The molecule has 0 spiro atoms. The fourth-order valence-corrected chi connectivity index (χ4v) is 4.36. The predicted molar refractivity (Wildman–Crippen MR) is 92.9 cm³/mol. The third-order valence-corrected chi connectivity index (χ3v) is 5.52. The lowest BCUT2D eigenvalue weighted by Crippen LogP contribution is -2.22. The molecule has 1 aliphatic carbocycles. The normalized spacial score (nSPS) is 18.2. The molecule has 2 nitrogen and oxygen atoms in total. The third kappa shape index (κ3) is 3.00. The summed E-state index contributed by atoms with van der Waals surface area (Å²) in [7, 11) is 0. The minimum absolute atomic E-state index is 0.482. The van der Waals surface area contributed by atoms with E-state index in [-0.39, 0.29) is 0 Å².